The van der Waals surface area contributed by atoms with Gasteiger partial charge in [0.25, 0.3) is 0 Å². The molecule has 2 aromatic carbocycles. The molecule has 4 rings (SSSR count). The number of benzene rings is 2. The molecule has 0 amide bonds. The molecule has 1 N–H and O–H groups in total. The van der Waals surface area contributed by atoms with E-state index < -0.39 is 0 Å². The highest BCUT2D eigenvalue weighted by Crippen LogP contribution is 2.18. The van der Waals surface area contributed by atoms with Crippen LogP contribution in [0.3, 0.4) is 0 Å². The van der Waals surface area contributed by atoms with Crippen LogP contribution in [-0.2, 0) is 6.42 Å². The van der Waals surface area contributed by atoms with Crippen molar-refractivity contribution in [2.45, 2.75) is 25.4 Å². The van der Waals surface area contributed by atoms with Crippen molar-refractivity contribution in [1.82, 2.24) is 20.0 Å². The third-order valence-corrected chi connectivity index (χ3v) is 5.35. The number of piperidine rings is 1. The molecule has 30 heavy (non-hydrogen) atoms. The van der Waals surface area contributed by atoms with Gasteiger partial charge in [-0.05, 0) is 36.2 Å². The van der Waals surface area contributed by atoms with Crippen LogP contribution in [0, 0.1) is 0 Å². The average Bonchev–Trinajstić information content (AvgIpc) is 3.28. The summed E-state index contributed by atoms with van der Waals surface area (Å²) in [5.74, 6) is 1.91. The van der Waals surface area contributed by atoms with Crippen LogP contribution in [0.5, 0.6) is 5.75 Å². The Morgan fingerprint density at radius 2 is 1.77 bits per heavy atom. The number of likely N-dealkylation sites (tertiary alicyclic amines) is 1. The van der Waals surface area contributed by atoms with Crippen LogP contribution in [0.2, 0.25) is 0 Å². The van der Waals surface area contributed by atoms with Gasteiger partial charge in [-0.15, -0.1) is 0 Å². The topological polar surface area (TPSA) is 54.7 Å². The van der Waals surface area contributed by atoms with Crippen molar-refractivity contribution in [2.75, 3.05) is 26.7 Å². The van der Waals surface area contributed by atoms with E-state index in [-0.39, 0.29) is 6.10 Å². The Labute approximate surface area is 178 Å². The summed E-state index contributed by atoms with van der Waals surface area (Å²) >= 11 is 0. The van der Waals surface area contributed by atoms with Crippen LogP contribution < -0.4 is 10.1 Å². The molecule has 0 radical (unpaired) electrons. The van der Waals surface area contributed by atoms with Gasteiger partial charge in [0.2, 0.25) is 0 Å². The Balaban J connectivity index is 1.22. The van der Waals surface area contributed by atoms with Gasteiger partial charge in [0, 0.05) is 45.7 Å². The maximum absolute atomic E-state index is 6.10. The van der Waals surface area contributed by atoms with Gasteiger partial charge >= 0.3 is 0 Å². The molecule has 0 saturated carbocycles. The minimum atomic E-state index is 0.269. The predicted molar refractivity (Wildman–Crippen MR) is 120 cm³/mol. The van der Waals surface area contributed by atoms with Crippen molar-refractivity contribution in [1.29, 1.82) is 0 Å². The Morgan fingerprint density at radius 1 is 1.07 bits per heavy atom. The molecule has 0 spiro atoms. The summed E-state index contributed by atoms with van der Waals surface area (Å²) < 4.78 is 8.02. The Bertz CT molecular complexity index is 930. The van der Waals surface area contributed by atoms with Crippen LogP contribution in [0.15, 0.2) is 78.0 Å². The second-order valence-corrected chi connectivity index (χ2v) is 7.47. The lowest BCUT2D eigenvalue weighted by Crippen LogP contribution is -2.47. The fourth-order valence-corrected chi connectivity index (χ4v) is 3.74. The largest absolute Gasteiger partial charge is 0.490 e. The van der Waals surface area contributed by atoms with Crippen molar-refractivity contribution < 1.29 is 4.74 Å². The molecule has 0 atom stereocenters. The van der Waals surface area contributed by atoms with Crippen molar-refractivity contribution in [2.24, 2.45) is 4.99 Å². The molecule has 0 bridgehead atoms. The van der Waals surface area contributed by atoms with E-state index in [0.29, 0.717) is 0 Å². The SMILES string of the molecule is CN=C(NCCc1cnn(-c2ccccc2)c1)N1CCC(Oc2ccccc2)CC1. The summed E-state index contributed by atoms with van der Waals surface area (Å²) in [6.45, 7) is 2.72. The van der Waals surface area contributed by atoms with Gasteiger partial charge in [-0.3, -0.25) is 4.99 Å². The van der Waals surface area contributed by atoms with E-state index in [1.165, 1.54) is 5.56 Å². The molecule has 6 heteroatoms. The molecule has 0 aliphatic carbocycles. The molecule has 1 fully saturated rings. The molecular formula is C24H29N5O. The monoisotopic (exact) mass is 403 g/mol. The number of aromatic nitrogens is 2. The lowest BCUT2D eigenvalue weighted by Gasteiger charge is -2.34. The third-order valence-electron chi connectivity index (χ3n) is 5.35. The molecule has 1 aromatic heterocycles. The number of hydrogen-bond donors (Lipinski definition) is 1. The Morgan fingerprint density at radius 3 is 2.47 bits per heavy atom. The number of aliphatic imine (C=N–C) groups is 1. The summed E-state index contributed by atoms with van der Waals surface area (Å²) in [6, 6.07) is 20.3. The van der Waals surface area contributed by atoms with Crippen LogP contribution in [-0.4, -0.2) is 53.4 Å². The van der Waals surface area contributed by atoms with Crippen LogP contribution >= 0.6 is 0 Å². The summed E-state index contributed by atoms with van der Waals surface area (Å²) in [6.07, 6.45) is 7.19. The molecule has 6 nitrogen and oxygen atoms in total. The molecular weight excluding hydrogens is 374 g/mol. The number of nitrogens with zero attached hydrogens (tertiary/aromatic N) is 4. The van der Waals surface area contributed by atoms with Gasteiger partial charge in [0.1, 0.15) is 11.9 Å². The van der Waals surface area contributed by atoms with E-state index in [4.69, 9.17) is 4.74 Å². The second kappa shape index (κ2) is 9.96. The number of rotatable bonds is 6. The molecule has 1 aliphatic rings. The van der Waals surface area contributed by atoms with Crippen molar-refractivity contribution in [3.63, 3.8) is 0 Å². The number of guanidine groups is 1. The first-order chi connectivity index (χ1) is 14.8. The maximum atomic E-state index is 6.10. The number of ether oxygens (including phenoxy) is 1. The minimum absolute atomic E-state index is 0.269. The molecule has 3 aromatic rings. The van der Waals surface area contributed by atoms with Gasteiger partial charge in [-0.2, -0.15) is 5.10 Å². The first kappa shape index (κ1) is 20.0. The van der Waals surface area contributed by atoms with Crippen LogP contribution in [0.4, 0.5) is 0 Å². The van der Waals surface area contributed by atoms with Gasteiger partial charge in [-0.25, -0.2) is 4.68 Å². The highest BCUT2D eigenvalue weighted by Gasteiger charge is 2.22. The summed E-state index contributed by atoms with van der Waals surface area (Å²) in [7, 11) is 1.85. The smallest absolute Gasteiger partial charge is 0.193 e. The Hall–Kier alpha value is -3.28. The summed E-state index contributed by atoms with van der Waals surface area (Å²) in [5, 5.41) is 7.97. The lowest BCUT2D eigenvalue weighted by atomic mass is 10.1. The number of para-hydroxylation sites is 2. The van der Waals surface area contributed by atoms with Crippen molar-refractivity contribution >= 4 is 5.96 Å². The van der Waals surface area contributed by atoms with Gasteiger partial charge < -0.3 is 15.0 Å². The zero-order valence-electron chi connectivity index (χ0n) is 17.4. The fraction of sp³-hybridized carbons (Fsp3) is 0.333. The fourth-order valence-electron chi connectivity index (χ4n) is 3.74. The van der Waals surface area contributed by atoms with Crippen LogP contribution in [0.25, 0.3) is 5.69 Å². The third kappa shape index (κ3) is 5.20. The van der Waals surface area contributed by atoms with Crippen molar-refractivity contribution in [3.05, 3.63) is 78.6 Å². The highest BCUT2D eigenvalue weighted by atomic mass is 16.5. The van der Waals surface area contributed by atoms with Gasteiger partial charge in [0.15, 0.2) is 5.96 Å². The molecule has 1 saturated heterocycles. The van der Waals surface area contributed by atoms with E-state index in [2.05, 4.69) is 38.6 Å². The maximum Gasteiger partial charge on any atom is 0.193 e. The zero-order chi connectivity index (χ0) is 20.6. The van der Waals surface area contributed by atoms with Crippen LogP contribution in [0.1, 0.15) is 18.4 Å². The minimum Gasteiger partial charge on any atom is -0.490 e. The summed E-state index contributed by atoms with van der Waals surface area (Å²) in [4.78, 5) is 6.79. The lowest BCUT2D eigenvalue weighted by molar-refractivity contribution is 0.129. The van der Waals surface area contributed by atoms with Gasteiger partial charge in [-0.1, -0.05) is 36.4 Å². The molecule has 1 aliphatic heterocycles. The predicted octanol–water partition coefficient (Wildman–Crippen LogP) is 3.53. The number of hydrogen-bond acceptors (Lipinski definition) is 3. The Kier molecular flexibility index (Phi) is 6.65. The second-order valence-electron chi connectivity index (χ2n) is 7.47. The molecule has 0 unspecified atom stereocenters. The van der Waals surface area contributed by atoms with E-state index in [1.54, 1.807) is 0 Å². The van der Waals surface area contributed by atoms with Gasteiger partial charge in [0.05, 0.1) is 11.9 Å². The van der Waals surface area contributed by atoms with E-state index in [9.17, 15) is 0 Å². The average molecular weight is 404 g/mol. The first-order valence-electron chi connectivity index (χ1n) is 10.6. The first-order valence-corrected chi connectivity index (χ1v) is 10.6. The highest BCUT2D eigenvalue weighted by molar-refractivity contribution is 5.80. The molecule has 156 valence electrons. The zero-order valence-corrected chi connectivity index (χ0v) is 17.4. The van der Waals surface area contributed by atoms with Crippen molar-refractivity contribution in [3.8, 4) is 11.4 Å². The molecule has 2 heterocycles. The standard InChI is InChI=1S/C24H29N5O/c1-25-24(28-16-13-23(14-17-28)30-22-10-6-3-7-11-22)26-15-12-20-18-27-29(19-20)21-8-4-2-5-9-21/h2-11,18-19,23H,12-17H2,1H3,(H,25,26). The van der Waals surface area contributed by atoms with E-state index in [0.717, 1.165) is 56.3 Å². The quantitative estimate of drug-likeness (QED) is 0.505. The van der Waals surface area contributed by atoms with E-state index >= 15 is 0 Å². The number of nitrogens with one attached hydrogen (secondary N) is 1. The normalized spacial score (nSPS) is 15.2. The van der Waals surface area contributed by atoms with E-state index in [1.807, 2.05) is 66.5 Å². The summed E-state index contributed by atoms with van der Waals surface area (Å²) in [5.41, 5.74) is 2.28.